The van der Waals surface area contributed by atoms with E-state index in [1.54, 1.807) is 6.92 Å². The van der Waals surface area contributed by atoms with Crippen LogP contribution in [0.15, 0.2) is 0 Å². The molecule has 1 atom stereocenters. The van der Waals surface area contributed by atoms with Crippen molar-refractivity contribution in [3.05, 3.63) is 0 Å². The van der Waals surface area contributed by atoms with Gasteiger partial charge < -0.3 is 5.32 Å². The summed E-state index contributed by atoms with van der Waals surface area (Å²) in [5, 5.41) is 2.89. The van der Waals surface area contributed by atoms with E-state index >= 15 is 0 Å². The molecule has 2 amide bonds. The molecule has 4 saturated carbocycles. The topological polar surface area (TPSA) is 67.4 Å². The average molecular weight is 280 g/mol. The van der Waals surface area contributed by atoms with E-state index in [1.807, 2.05) is 0 Å². The van der Waals surface area contributed by atoms with Gasteiger partial charge in [0.15, 0.2) is 0 Å². The Bertz CT molecular complexity index is 386. The standard InChI is InChI=1S/C15H24N2O3/c1-9(13(18)17-20-2)16-14(19)15-6-10-3-11(7-15)5-12(4-10)8-15/h9-12H,3-8H2,1-2H3,(H,16,19)(H,17,18). The quantitative estimate of drug-likeness (QED) is 0.765. The minimum absolute atomic E-state index is 0.0790. The molecule has 0 aromatic heterocycles. The molecular weight excluding hydrogens is 256 g/mol. The van der Waals surface area contributed by atoms with Gasteiger partial charge in [0.25, 0.3) is 5.91 Å². The van der Waals surface area contributed by atoms with Crippen LogP contribution in [0.25, 0.3) is 0 Å². The Morgan fingerprint density at radius 2 is 1.60 bits per heavy atom. The summed E-state index contributed by atoms with van der Waals surface area (Å²) in [6.07, 6.45) is 6.99. The van der Waals surface area contributed by atoms with E-state index in [2.05, 4.69) is 15.6 Å². The van der Waals surface area contributed by atoms with E-state index in [1.165, 1.54) is 26.4 Å². The first kappa shape index (κ1) is 13.9. The van der Waals surface area contributed by atoms with Crippen LogP contribution in [-0.4, -0.2) is 25.0 Å². The molecule has 0 heterocycles. The van der Waals surface area contributed by atoms with Crippen LogP contribution in [0.3, 0.4) is 0 Å². The number of nitrogens with one attached hydrogen (secondary N) is 2. The Hall–Kier alpha value is -1.10. The molecule has 112 valence electrons. The van der Waals surface area contributed by atoms with Crippen LogP contribution < -0.4 is 10.8 Å². The number of hydrogen-bond acceptors (Lipinski definition) is 3. The molecule has 20 heavy (non-hydrogen) atoms. The Balaban J connectivity index is 1.66. The monoisotopic (exact) mass is 280 g/mol. The minimum Gasteiger partial charge on any atom is -0.344 e. The van der Waals surface area contributed by atoms with Crippen molar-refractivity contribution in [1.29, 1.82) is 0 Å². The molecule has 4 rings (SSSR count). The second kappa shape index (κ2) is 5.02. The molecule has 0 aromatic carbocycles. The Morgan fingerprint density at radius 1 is 1.10 bits per heavy atom. The van der Waals surface area contributed by atoms with Gasteiger partial charge in [-0.15, -0.1) is 0 Å². The first-order chi connectivity index (χ1) is 9.52. The fourth-order valence-corrected chi connectivity index (χ4v) is 4.99. The number of carbonyl (C=O) groups excluding carboxylic acids is 2. The maximum atomic E-state index is 12.7. The number of rotatable bonds is 4. The van der Waals surface area contributed by atoms with Crippen molar-refractivity contribution in [2.75, 3.05) is 7.11 Å². The van der Waals surface area contributed by atoms with Crippen molar-refractivity contribution in [3.8, 4) is 0 Å². The van der Waals surface area contributed by atoms with Crippen LogP contribution in [0.5, 0.6) is 0 Å². The third kappa shape index (κ3) is 2.32. The fraction of sp³-hybridized carbons (Fsp3) is 0.867. The highest BCUT2D eigenvalue weighted by molar-refractivity contribution is 5.89. The highest BCUT2D eigenvalue weighted by Gasteiger charge is 2.54. The first-order valence-corrected chi connectivity index (χ1v) is 7.66. The number of hydrogen-bond donors (Lipinski definition) is 2. The lowest BCUT2D eigenvalue weighted by Crippen LogP contribution is -2.56. The largest absolute Gasteiger partial charge is 0.344 e. The van der Waals surface area contributed by atoms with Crippen LogP contribution in [0.2, 0.25) is 0 Å². The molecule has 0 saturated heterocycles. The lowest BCUT2D eigenvalue weighted by Gasteiger charge is -2.55. The Morgan fingerprint density at radius 3 is 2.05 bits per heavy atom. The molecular formula is C15H24N2O3. The van der Waals surface area contributed by atoms with Crippen molar-refractivity contribution in [2.45, 2.75) is 51.5 Å². The van der Waals surface area contributed by atoms with Crippen molar-refractivity contribution in [3.63, 3.8) is 0 Å². The predicted molar refractivity (Wildman–Crippen MR) is 73.4 cm³/mol. The van der Waals surface area contributed by atoms with Gasteiger partial charge in [-0.05, 0) is 63.2 Å². The van der Waals surface area contributed by atoms with Crippen molar-refractivity contribution < 1.29 is 14.4 Å². The van der Waals surface area contributed by atoms with E-state index in [4.69, 9.17) is 0 Å². The zero-order valence-corrected chi connectivity index (χ0v) is 12.3. The zero-order valence-electron chi connectivity index (χ0n) is 12.3. The summed E-state index contributed by atoms with van der Waals surface area (Å²) in [4.78, 5) is 28.9. The summed E-state index contributed by atoms with van der Waals surface area (Å²) >= 11 is 0. The van der Waals surface area contributed by atoms with Crippen molar-refractivity contribution in [2.24, 2.45) is 23.2 Å². The summed E-state index contributed by atoms with van der Waals surface area (Å²) in [6.45, 7) is 1.70. The molecule has 0 spiro atoms. The van der Waals surface area contributed by atoms with Gasteiger partial charge in [0.1, 0.15) is 6.04 Å². The lowest BCUT2D eigenvalue weighted by molar-refractivity contribution is -0.149. The number of hydroxylamine groups is 1. The zero-order chi connectivity index (χ0) is 14.3. The molecule has 5 nitrogen and oxygen atoms in total. The van der Waals surface area contributed by atoms with E-state index in [-0.39, 0.29) is 17.2 Å². The van der Waals surface area contributed by atoms with Gasteiger partial charge in [-0.25, -0.2) is 5.48 Å². The van der Waals surface area contributed by atoms with Gasteiger partial charge >= 0.3 is 0 Å². The third-order valence-electron chi connectivity index (χ3n) is 5.46. The second-order valence-corrected chi connectivity index (χ2v) is 7.06. The van der Waals surface area contributed by atoms with Gasteiger partial charge in [-0.2, -0.15) is 0 Å². The summed E-state index contributed by atoms with van der Waals surface area (Å²) in [6, 6.07) is -0.546. The predicted octanol–water partition coefficient (Wildman–Crippen LogP) is 1.39. The van der Waals surface area contributed by atoms with E-state index in [0.717, 1.165) is 37.0 Å². The SMILES string of the molecule is CONC(=O)C(C)NC(=O)C12CC3CC(CC(C3)C1)C2. The van der Waals surface area contributed by atoms with Gasteiger partial charge in [0, 0.05) is 5.41 Å². The van der Waals surface area contributed by atoms with Crippen LogP contribution >= 0.6 is 0 Å². The third-order valence-corrected chi connectivity index (χ3v) is 5.46. The first-order valence-electron chi connectivity index (χ1n) is 7.66. The van der Waals surface area contributed by atoms with Crippen molar-refractivity contribution >= 4 is 11.8 Å². The normalized spacial score (nSPS) is 39.4. The smallest absolute Gasteiger partial charge is 0.265 e. The number of amides is 2. The van der Waals surface area contributed by atoms with Crippen LogP contribution in [0.1, 0.15) is 45.4 Å². The molecule has 4 bridgehead atoms. The summed E-state index contributed by atoms with van der Waals surface area (Å²) in [7, 11) is 1.39. The van der Waals surface area contributed by atoms with E-state index in [9.17, 15) is 9.59 Å². The minimum atomic E-state index is -0.546. The maximum Gasteiger partial charge on any atom is 0.265 e. The molecule has 1 unspecified atom stereocenters. The van der Waals surface area contributed by atoms with E-state index in [0.29, 0.717) is 0 Å². The van der Waals surface area contributed by atoms with Crippen LogP contribution in [0, 0.1) is 23.2 Å². The molecule has 4 fully saturated rings. The van der Waals surface area contributed by atoms with Gasteiger partial charge in [-0.3, -0.25) is 14.4 Å². The molecule has 2 N–H and O–H groups in total. The molecule has 5 heteroatoms. The fourth-order valence-electron chi connectivity index (χ4n) is 4.99. The molecule has 4 aliphatic rings. The van der Waals surface area contributed by atoms with Crippen LogP contribution in [-0.2, 0) is 14.4 Å². The van der Waals surface area contributed by atoms with Gasteiger partial charge in [0.05, 0.1) is 7.11 Å². The summed E-state index contributed by atoms with van der Waals surface area (Å²) < 4.78 is 0. The van der Waals surface area contributed by atoms with Crippen molar-refractivity contribution in [1.82, 2.24) is 10.8 Å². The van der Waals surface area contributed by atoms with Gasteiger partial charge in [0.2, 0.25) is 5.91 Å². The molecule has 0 radical (unpaired) electrons. The Labute approximate surface area is 119 Å². The molecule has 0 aliphatic heterocycles. The molecule has 0 aromatic rings. The Kier molecular flexibility index (Phi) is 3.48. The maximum absolute atomic E-state index is 12.7. The highest BCUT2D eigenvalue weighted by atomic mass is 16.6. The van der Waals surface area contributed by atoms with E-state index < -0.39 is 6.04 Å². The number of carbonyl (C=O) groups is 2. The average Bonchev–Trinajstić information content (AvgIpc) is 2.37. The lowest BCUT2D eigenvalue weighted by atomic mass is 9.49. The van der Waals surface area contributed by atoms with Crippen LogP contribution in [0.4, 0.5) is 0 Å². The second-order valence-electron chi connectivity index (χ2n) is 7.06. The molecule has 4 aliphatic carbocycles. The summed E-state index contributed by atoms with van der Waals surface area (Å²) in [5.41, 5.74) is 2.07. The van der Waals surface area contributed by atoms with Gasteiger partial charge in [-0.1, -0.05) is 0 Å². The highest BCUT2D eigenvalue weighted by Crippen LogP contribution is 2.60. The summed E-state index contributed by atoms with van der Waals surface area (Å²) in [5.74, 6) is 1.97.